The van der Waals surface area contributed by atoms with Crippen LogP contribution in [0.3, 0.4) is 0 Å². The zero-order valence-corrected chi connectivity index (χ0v) is 11.7. The number of fused-ring (bicyclic) bond motifs is 1. The molecule has 1 aliphatic rings. The van der Waals surface area contributed by atoms with Crippen molar-refractivity contribution in [2.24, 2.45) is 5.73 Å². The number of aryl methyl sites for hydroxylation is 1. The average Bonchev–Trinajstić information content (AvgIpc) is 2.46. The van der Waals surface area contributed by atoms with Crippen molar-refractivity contribution in [3.8, 4) is 5.75 Å². The summed E-state index contributed by atoms with van der Waals surface area (Å²) in [5.41, 5.74) is 8.65. The second-order valence-corrected chi connectivity index (χ2v) is 5.40. The van der Waals surface area contributed by atoms with Crippen LogP contribution in [0.25, 0.3) is 0 Å². The molecule has 3 rings (SSSR count). The fraction of sp³-hybridized carbons (Fsp3) is 0.250. The third kappa shape index (κ3) is 2.51. The number of hydrogen-bond donors (Lipinski definition) is 1. The predicted octanol–water partition coefficient (Wildman–Crippen LogP) is 3.85. The van der Waals surface area contributed by atoms with Crippen molar-refractivity contribution in [2.45, 2.75) is 18.9 Å². The van der Waals surface area contributed by atoms with Crippen LogP contribution in [0.4, 0.5) is 4.39 Å². The van der Waals surface area contributed by atoms with E-state index >= 15 is 0 Å². The molecule has 104 valence electrons. The van der Waals surface area contributed by atoms with Crippen molar-refractivity contribution >= 4 is 11.6 Å². The number of benzene rings is 2. The van der Waals surface area contributed by atoms with Gasteiger partial charge in [0.05, 0.1) is 12.6 Å². The van der Waals surface area contributed by atoms with Gasteiger partial charge in [-0.3, -0.25) is 0 Å². The molecule has 0 saturated heterocycles. The van der Waals surface area contributed by atoms with Gasteiger partial charge in [0.1, 0.15) is 11.6 Å². The van der Waals surface area contributed by atoms with Crippen molar-refractivity contribution < 1.29 is 9.13 Å². The Morgan fingerprint density at radius 1 is 1.20 bits per heavy atom. The van der Waals surface area contributed by atoms with E-state index in [2.05, 4.69) is 0 Å². The van der Waals surface area contributed by atoms with Crippen LogP contribution in [0, 0.1) is 5.82 Å². The lowest BCUT2D eigenvalue weighted by molar-refractivity contribution is 0.288. The molecule has 2 N–H and O–H groups in total. The highest BCUT2D eigenvalue weighted by Crippen LogP contribution is 2.30. The Hall–Kier alpha value is -1.58. The summed E-state index contributed by atoms with van der Waals surface area (Å²) in [6.07, 6.45) is 1.97. The first-order chi connectivity index (χ1) is 9.65. The second kappa shape index (κ2) is 5.43. The lowest BCUT2D eigenvalue weighted by atomic mass is 9.95. The molecule has 1 unspecified atom stereocenters. The van der Waals surface area contributed by atoms with E-state index in [1.807, 2.05) is 18.2 Å². The third-order valence-electron chi connectivity index (χ3n) is 3.59. The maximum Gasteiger partial charge on any atom is 0.129 e. The summed E-state index contributed by atoms with van der Waals surface area (Å²) < 4.78 is 19.5. The van der Waals surface area contributed by atoms with Crippen LogP contribution in [0.1, 0.15) is 29.2 Å². The van der Waals surface area contributed by atoms with Gasteiger partial charge >= 0.3 is 0 Å². The van der Waals surface area contributed by atoms with Crippen LogP contribution in [0.5, 0.6) is 5.75 Å². The number of halogens is 2. The third-order valence-corrected chi connectivity index (χ3v) is 3.82. The second-order valence-electron chi connectivity index (χ2n) is 4.96. The molecule has 0 radical (unpaired) electrons. The zero-order chi connectivity index (χ0) is 14.1. The highest BCUT2D eigenvalue weighted by atomic mass is 35.5. The molecule has 0 fully saturated rings. The minimum Gasteiger partial charge on any atom is -0.493 e. The van der Waals surface area contributed by atoms with E-state index in [-0.39, 0.29) is 5.82 Å². The van der Waals surface area contributed by atoms with Gasteiger partial charge in [0.2, 0.25) is 0 Å². The highest BCUT2D eigenvalue weighted by Gasteiger charge is 2.17. The Labute approximate surface area is 122 Å². The van der Waals surface area contributed by atoms with Crippen LogP contribution < -0.4 is 10.5 Å². The molecule has 2 aromatic carbocycles. The molecule has 2 aromatic rings. The van der Waals surface area contributed by atoms with E-state index in [0.717, 1.165) is 36.3 Å². The van der Waals surface area contributed by atoms with E-state index in [4.69, 9.17) is 22.1 Å². The fourth-order valence-electron chi connectivity index (χ4n) is 2.51. The Balaban J connectivity index is 1.95. The van der Waals surface area contributed by atoms with Crippen molar-refractivity contribution in [3.63, 3.8) is 0 Å². The maximum absolute atomic E-state index is 13.9. The molecular weight excluding hydrogens is 277 g/mol. The minimum atomic E-state index is -0.500. The summed E-state index contributed by atoms with van der Waals surface area (Å²) in [6.45, 7) is 0.754. The number of ether oxygens (including phenoxy) is 1. The molecule has 0 aromatic heterocycles. The normalized spacial score (nSPS) is 15.3. The molecule has 4 heteroatoms. The maximum atomic E-state index is 13.9. The first-order valence-corrected chi connectivity index (χ1v) is 6.99. The van der Waals surface area contributed by atoms with Crippen molar-refractivity contribution in [1.29, 1.82) is 0 Å². The number of hydrogen-bond acceptors (Lipinski definition) is 2. The molecule has 0 amide bonds. The average molecular weight is 292 g/mol. The van der Waals surface area contributed by atoms with Crippen LogP contribution in [0.2, 0.25) is 5.02 Å². The largest absolute Gasteiger partial charge is 0.493 e. The van der Waals surface area contributed by atoms with Gasteiger partial charge in [-0.15, -0.1) is 0 Å². The highest BCUT2D eigenvalue weighted by molar-refractivity contribution is 6.30. The molecule has 0 saturated carbocycles. The van der Waals surface area contributed by atoms with E-state index in [1.54, 1.807) is 12.1 Å². The van der Waals surface area contributed by atoms with Gasteiger partial charge in [-0.2, -0.15) is 0 Å². The molecule has 1 heterocycles. The molecule has 1 aliphatic heterocycles. The quantitative estimate of drug-likeness (QED) is 0.912. The Bertz CT molecular complexity index is 644. The molecule has 1 atom stereocenters. The summed E-state index contributed by atoms with van der Waals surface area (Å²) in [4.78, 5) is 0. The molecule has 0 aliphatic carbocycles. The summed E-state index contributed by atoms with van der Waals surface area (Å²) in [7, 11) is 0. The topological polar surface area (TPSA) is 35.2 Å². The molecule has 0 bridgehead atoms. The lowest BCUT2D eigenvalue weighted by Gasteiger charge is -2.20. The lowest BCUT2D eigenvalue weighted by Crippen LogP contribution is -2.15. The van der Waals surface area contributed by atoms with E-state index in [9.17, 15) is 4.39 Å². The summed E-state index contributed by atoms with van der Waals surface area (Å²) in [5, 5.41) is 0.372. The van der Waals surface area contributed by atoms with Gasteiger partial charge < -0.3 is 10.5 Å². The SMILES string of the molecule is NC(c1ccc2c(c1)CCCO2)c1ccc(Cl)cc1F. The Kier molecular flexibility index (Phi) is 3.64. The molecular formula is C16H15ClFNO. The first-order valence-electron chi connectivity index (χ1n) is 6.61. The standard InChI is InChI=1S/C16H15ClFNO/c17-12-4-5-13(14(18)9-12)16(19)11-3-6-15-10(8-11)2-1-7-20-15/h3-6,8-9,16H,1-2,7,19H2. The van der Waals surface area contributed by atoms with Gasteiger partial charge in [-0.25, -0.2) is 4.39 Å². The monoisotopic (exact) mass is 291 g/mol. The summed E-state index contributed by atoms with van der Waals surface area (Å²) >= 11 is 5.77. The minimum absolute atomic E-state index is 0.372. The smallest absolute Gasteiger partial charge is 0.129 e. The number of rotatable bonds is 2. The number of nitrogens with two attached hydrogens (primary N) is 1. The van der Waals surface area contributed by atoms with Crippen molar-refractivity contribution in [1.82, 2.24) is 0 Å². The fourth-order valence-corrected chi connectivity index (χ4v) is 2.67. The first kappa shape index (κ1) is 13.4. The van der Waals surface area contributed by atoms with Gasteiger partial charge in [0.25, 0.3) is 0 Å². The Morgan fingerprint density at radius 2 is 2.05 bits per heavy atom. The van der Waals surface area contributed by atoms with Crippen LogP contribution in [-0.4, -0.2) is 6.61 Å². The Morgan fingerprint density at radius 3 is 2.85 bits per heavy atom. The molecule has 2 nitrogen and oxygen atoms in total. The van der Waals surface area contributed by atoms with Crippen molar-refractivity contribution in [3.05, 3.63) is 63.9 Å². The van der Waals surface area contributed by atoms with Crippen molar-refractivity contribution in [2.75, 3.05) is 6.61 Å². The molecule has 20 heavy (non-hydrogen) atoms. The van der Waals surface area contributed by atoms with Gasteiger partial charge in [0.15, 0.2) is 0 Å². The van der Waals surface area contributed by atoms with E-state index < -0.39 is 6.04 Å². The van der Waals surface area contributed by atoms with E-state index in [1.165, 1.54) is 6.07 Å². The van der Waals surface area contributed by atoms with E-state index in [0.29, 0.717) is 10.6 Å². The van der Waals surface area contributed by atoms with Gasteiger partial charge in [-0.05, 0) is 42.2 Å². The summed E-state index contributed by atoms with van der Waals surface area (Å²) in [5.74, 6) is 0.530. The zero-order valence-electron chi connectivity index (χ0n) is 10.9. The summed E-state index contributed by atoms with van der Waals surface area (Å²) in [6, 6.07) is 9.89. The van der Waals surface area contributed by atoms with Crippen LogP contribution in [0.15, 0.2) is 36.4 Å². The predicted molar refractivity (Wildman–Crippen MR) is 77.7 cm³/mol. The van der Waals surface area contributed by atoms with Crippen LogP contribution >= 0.6 is 11.6 Å². The van der Waals surface area contributed by atoms with Crippen LogP contribution in [-0.2, 0) is 6.42 Å². The van der Waals surface area contributed by atoms with Gasteiger partial charge in [-0.1, -0.05) is 29.8 Å². The molecule has 0 spiro atoms. The van der Waals surface area contributed by atoms with Gasteiger partial charge in [0, 0.05) is 10.6 Å².